The van der Waals surface area contributed by atoms with E-state index in [1.165, 1.54) is 12.1 Å². The van der Waals surface area contributed by atoms with Crippen molar-refractivity contribution in [2.75, 3.05) is 0 Å². The lowest BCUT2D eigenvalue weighted by Gasteiger charge is -2.07. The summed E-state index contributed by atoms with van der Waals surface area (Å²) in [5.41, 5.74) is 2.39. The van der Waals surface area contributed by atoms with Gasteiger partial charge in [-0.15, -0.1) is 0 Å². The van der Waals surface area contributed by atoms with Crippen LogP contribution in [0.5, 0.6) is 0 Å². The Morgan fingerprint density at radius 2 is 1.95 bits per heavy atom. The van der Waals surface area contributed by atoms with Gasteiger partial charge in [0.1, 0.15) is 23.8 Å². The maximum absolute atomic E-state index is 12.9. The Bertz CT molecular complexity index is 706. The predicted octanol–water partition coefficient (Wildman–Crippen LogP) is 2.11. The van der Waals surface area contributed by atoms with E-state index in [0.717, 1.165) is 16.7 Å². The molecule has 96 valence electrons. The zero-order valence-electron chi connectivity index (χ0n) is 10.1. The van der Waals surface area contributed by atoms with Crippen LogP contribution in [0, 0.1) is 5.82 Å². The normalized spacial score (nSPS) is 11.1. The Balaban J connectivity index is 2.06. The average molecular weight is 257 g/mol. The average Bonchev–Trinajstić information content (AvgIpc) is 2.79. The van der Waals surface area contributed by atoms with E-state index >= 15 is 0 Å². The van der Waals surface area contributed by atoms with Crippen molar-refractivity contribution >= 4 is 11.2 Å². The minimum absolute atomic E-state index is 0.155. The van der Waals surface area contributed by atoms with Crippen molar-refractivity contribution in [2.45, 2.75) is 13.2 Å². The van der Waals surface area contributed by atoms with Gasteiger partial charge in [0.2, 0.25) is 0 Å². The fraction of sp³-hybridized carbons (Fsp3) is 0.143. The van der Waals surface area contributed by atoms with Crippen LogP contribution >= 0.6 is 0 Å². The van der Waals surface area contributed by atoms with Crippen LogP contribution in [0.1, 0.15) is 11.4 Å². The second kappa shape index (κ2) is 4.78. The van der Waals surface area contributed by atoms with Crippen LogP contribution in [0.3, 0.4) is 0 Å². The number of rotatable bonds is 3. The zero-order chi connectivity index (χ0) is 13.2. The molecule has 2 heterocycles. The Hall–Kier alpha value is -2.27. The molecular weight excluding hydrogens is 245 g/mol. The molecule has 0 saturated heterocycles. The van der Waals surface area contributed by atoms with Gasteiger partial charge < -0.3 is 9.67 Å². The van der Waals surface area contributed by atoms with E-state index in [9.17, 15) is 9.50 Å². The van der Waals surface area contributed by atoms with Crippen LogP contribution in [-0.4, -0.2) is 19.6 Å². The highest BCUT2D eigenvalue weighted by molar-refractivity contribution is 5.71. The van der Waals surface area contributed by atoms with Gasteiger partial charge in [-0.25, -0.2) is 14.4 Å². The second-order valence-electron chi connectivity index (χ2n) is 4.24. The highest BCUT2D eigenvalue weighted by atomic mass is 19.1. The topological polar surface area (TPSA) is 50.9 Å². The number of hydrogen-bond donors (Lipinski definition) is 1. The van der Waals surface area contributed by atoms with Gasteiger partial charge in [-0.05, 0) is 29.8 Å². The standard InChI is InChI=1S/C14H12FN3O/c15-11-5-3-10(4-6-11)8-18-13(9-19)17-12-2-1-7-16-14(12)18/h1-7,19H,8-9H2. The fourth-order valence-electron chi connectivity index (χ4n) is 2.06. The first-order valence-corrected chi connectivity index (χ1v) is 5.93. The number of nitrogens with zero attached hydrogens (tertiary/aromatic N) is 3. The van der Waals surface area contributed by atoms with Crippen molar-refractivity contribution in [3.63, 3.8) is 0 Å². The van der Waals surface area contributed by atoms with E-state index in [1.54, 1.807) is 24.4 Å². The maximum atomic E-state index is 12.9. The van der Waals surface area contributed by atoms with Gasteiger partial charge in [-0.3, -0.25) is 0 Å². The molecule has 1 aromatic carbocycles. The lowest BCUT2D eigenvalue weighted by atomic mass is 10.2. The Labute approximate surface area is 109 Å². The van der Waals surface area contributed by atoms with Crippen LogP contribution in [0.2, 0.25) is 0 Å². The van der Waals surface area contributed by atoms with Crippen molar-refractivity contribution in [1.29, 1.82) is 0 Å². The lowest BCUT2D eigenvalue weighted by Crippen LogP contribution is -2.05. The number of hydrogen-bond acceptors (Lipinski definition) is 3. The first-order valence-electron chi connectivity index (χ1n) is 5.93. The molecule has 1 N–H and O–H groups in total. The van der Waals surface area contributed by atoms with Crippen LogP contribution in [-0.2, 0) is 13.2 Å². The molecule has 0 aliphatic carbocycles. The Morgan fingerprint density at radius 1 is 1.16 bits per heavy atom. The summed E-state index contributed by atoms with van der Waals surface area (Å²) in [7, 11) is 0. The molecule has 0 bridgehead atoms. The first kappa shape index (κ1) is 11.8. The molecule has 4 nitrogen and oxygen atoms in total. The number of aliphatic hydroxyl groups is 1. The number of imidazole rings is 1. The van der Waals surface area contributed by atoms with Crippen LogP contribution < -0.4 is 0 Å². The molecular formula is C14H12FN3O. The largest absolute Gasteiger partial charge is 0.388 e. The molecule has 0 aliphatic rings. The van der Waals surface area contributed by atoms with Crippen molar-refractivity contribution in [3.05, 3.63) is 59.8 Å². The molecule has 0 atom stereocenters. The maximum Gasteiger partial charge on any atom is 0.160 e. The zero-order valence-corrected chi connectivity index (χ0v) is 10.1. The third kappa shape index (κ3) is 2.20. The summed E-state index contributed by atoms with van der Waals surface area (Å²) in [6.45, 7) is 0.348. The van der Waals surface area contributed by atoms with E-state index in [2.05, 4.69) is 9.97 Å². The van der Waals surface area contributed by atoms with E-state index in [0.29, 0.717) is 12.4 Å². The smallest absolute Gasteiger partial charge is 0.160 e. The molecule has 0 fully saturated rings. The number of aliphatic hydroxyl groups excluding tert-OH is 1. The lowest BCUT2D eigenvalue weighted by molar-refractivity contribution is 0.267. The number of benzene rings is 1. The van der Waals surface area contributed by atoms with Gasteiger partial charge in [0.25, 0.3) is 0 Å². The van der Waals surface area contributed by atoms with Crippen LogP contribution in [0.4, 0.5) is 4.39 Å². The molecule has 3 aromatic rings. The summed E-state index contributed by atoms with van der Waals surface area (Å²) < 4.78 is 14.7. The fourth-order valence-corrected chi connectivity index (χ4v) is 2.06. The Morgan fingerprint density at radius 3 is 2.68 bits per heavy atom. The van der Waals surface area contributed by atoms with Gasteiger partial charge in [-0.2, -0.15) is 0 Å². The number of pyridine rings is 1. The van der Waals surface area contributed by atoms with Gasteiger partial charge >= 0.3 is 0 Å². The summed E-state index contributed by atoms with van der Waals surface area (Å²) >= 11 is 0. The molecule has 0 aliphatic heterocycles. The molecule has 2 aromatic heterocycles. The van der Waals surface area contributed by atoms with Gasteiger partial charge in [0.15, 0.2) is 5.65 Å². The molecule has 0 radical (unpaired) electrons. The van der Waals surface area contributed by atoms with Crippen LogP contribution in [0.15, 0.2) is 42.6 Å². The Kier molecular flexibility index (Phi) is 2.97. The van der Waals surface area contributed by atoms with Crippen molar-refractivity contribution in [3.8, 4) is 0 Å². The monoisotopic (exact) mass is 257 g/mol. The van der Waals surface area contributed by atoms with E-state index in [1.807, 2.05) is 10.6 Å². The SMILES string of the molecule is OCc1nc2cccnc2n1Cc1ccc(F)cc1. The summed E-state index contributed by atoms with van der Waals surface area (Å²) in [4.78, 5) is 8.60. The summed E-state index contributed by atoms with van der Waals surface area (Å²) in [5, 5.41) is 9.37. The highest BCUT2D eigenvalue weighted by Gasteiger charge is 2.10. The van der Waals surface area contributed by atoms with Crippen molar-refractivity contribution < 1.29 is 9.50 Å². The second-order valence-corrected chi connectivity index (χ2v) is 4.24. The van der Waals surface area contributed by atoms with E-state index < -0.39 is 0 Å². The summed E-state index contributed by atoms with van der Waals surface area (Å²) in [6.07, 6.45) is 1.69. The molecule has 0 amide bonds. The van der Waals surface area contributed by atoms with E-state index in [4.69, 9.17) is 0 Å². The van der Waals surface area contributed by atoms with Gasteiger partial charge in [0.05, 0.1) is 6.54 Å². The molecule has 0 unspecified atom stereocenters. The number of aromatic nitrogens is 3. The van der Waals surface area contributed by atoms with Gasteiger partial charge in [0, 0.05) is 6.20 Å². The molecule has 0 saturated carbocycles. The molecule has 19 heavy (non-hydrogen) atoms. The number of fused-ring (bicyclic) bond motifs is 1. The molecule has 5 heteroatoms. The first-order chi connectivity index (χ1) is 9.28. The highest BCUT2D eigenvalue weighted by Crippen LogP contribution is 2.16. The summed E-state index contributed by atoms with van der Waals surface area (Å²) in [5.74, 6) is 0.290. The number of halogens is 1. The molecule has 3 rings (SSSR count). The minimum Gasteiger partial charge on any atom is -0.388 e. The third-order valence-electron chi connectivity index (χ3n) is 2.98. The molecule has 0 spiro atoms. The quantitative estimate of drug-likeness (QED) is 0.781. The van der Waals surface area contributed by atoms with Crippen LogP contribution in [0.25, 0.3) is 11.2 Å². The predicted molar refractivity (Wildman–Crippen MR) is 69.0 cm³/mol. The van der Waals surface area contributed by atoms with Crippen molar-refractivity contribution in [2.24, 2.45) is 0 Å². The van der Waals surface area contributed by atoms with Crippen molar-refractivity contribution in [1.82, 2.24) is 14.5 Å². The minimum atomic E-state index is -0.264. The third-order valence-corrected chi connectivity index (χ3v) is 2.98. The summed E-state index contributed by atoms with van der Waals surface area (Å²) in [6, 6.07) is 9.92. The van der Waals surface area contributed by atoms with Gasteiger partial charge in [-0.1, -0.05) is 12.1 Å². The van der Waals surface area contributed by atoms with E-state index in [-0.39, 0.29) is 12.4 Å².